The van der Waals surface area contributed by atoms with E-state index in [2.05, 4.69) is 10.3 Å². The van der Waals surface area contributed by atoms with Gasteiger partial charge in [0.15, 0.2) is 0 Å². The Kier molecular flexibility index (Phi) is 5.06. The van der Waals surface area contributed by atoms with E-state index in [0.717, 1.165) is 39.1 Å². The summed E-state index contributed by atoms with van der Waals surface area (Å²) in [5, 5.41) is 16.4. The molecule has 0 unspecified atom stereocenters. The van der Waals surface area contributed by atoms with E-state index in [0.29, 0.717) is 5.02 Å². The molecule has 5 aromatic rings. The Balaban J connectivity index is 1.80. The summed E-state index contributed by atoms with van der Waals surface area (Å²) in [5.41, 5.74) is 4.33. The Morgan fingerprint density at radius 1 is 0.839 bits per heavy atom. The second-order valence-electron chi connectivity index (χ2n) is 7.30. The smallest absolute Gasteiger partial charge is 0.126 e. The average molecular weight is 426 g/mol. The van der Waals surface area contributed by atoms with Gasteiger partial charge in [0, 0.05) is 27.7 Å². The molecule has 31 heavy (non-hydrogen) atoms. The molecule has 152 valence electrons. The fourth-order valence-corrected chi connectivity index (χ4v) is 4.22. The highest BCUT2D eigenvalue weighted by Crippen LogP contribution is 2.41. The van der Waals surface area contributed by atoms with Crippen LogP contribution in [-0.2, 0) is 0 Å². The van der Waals surface area contributed by atoms with Crippen LogP contribution in [0, 0.1) is 0 Å². The molecule has 0 saturated heterocycles. The van der Waals surface area contributed by atoms with Crippen LogP contribution in [0.3, 0.4) is 0 Å². The lowest BCUT2D eigenvalue weighted by Gasteiger charge is -2.22. The zero-order valence-electron chi connectivity index (χ0n) is 16.6. The number of pyridine rings is 1. The fourth-order valence-electron chi connectivity index (χ4n) is 4.02. The summed E-state index contributed by atoms with van der Waals surface area (Å²) in [6.45, 7) is 0. The van der Waals surface area contributed by atoms with Crippen LogP contribution in [0.15, 0.2) is 103 Å². The third kappa shape index (κ3) is 3.62. The number of aromatic nitrogens is 2. The molecule has 2 aromatic heterocycles. The summed E-state index contributed by atoms with van der Waals surface area (Å²) in [4.78, 5) is 4.47. The Hall–Kier alpha value is -3.76. The average Bonchev–Trinajstić information content (AvgIpc) is 3.11. The second kappa shape index (κ2) is 8.17. The molecule has 0 aliphatic rings. The molecule has 0 bridgehead atoms. The lowest BCUT2D eigenvalue weighted by molar-refractivity contribution is 0.204. The largest absolute Gasteiger partial charge is 0.428 e. The standard InChI is InChI=1S/C26H20ClN3O/c27-20-12-8-11-19(17-20)25(29-23-15-6-7-16-28-23)24-21-13-4-5-14-22(21)30(31)26(24)18-9-2-1-3-10-18/h1-17,25,31H,(H,28,29)/t25-/m0/s1. The van der Waals surface area contributed by atoms with Gasteiger partial charge in [0.05, 0.1) is 17.3 Å². The van der Waals surface area contributed by atoms with Crippen LogP contribution >= 0.6 is 11.6 Å². The molecule has 0 saturated carbocycles. The minimum atomic E-state index is -0.290. The number of hydrogen-bond acceptors (Lipinski definition) is 3. The number of benzene rings is 3. The molecular formula is C26H20ClN3O. The summed E-state index contributed by atoms with van der Waals surface area (Å²) in [6, 6.07) is 31.0. The van der Waals surface area contributed by atoms with E-state index in [4.69, 9.17) is 11.6 Å². The molecule has 5 heteroatoms. The van der Waals surface area contributed by atoms with E-state index >= 15 is 0 Å². The van der Waals surface area contributed by atoms with Crippen LogP contribution in [0.2, 0.25) is 5.02 Å². The van der Waals surface area contributed by atoms with E-state index in [1.165, 1.54) is 4.73 Å². The second-order valence-corrected chi connectivity index (χ2v) is 7.74. The van der Waals surface area contributed by atoms with Gasteiger partial charge in [-0.25, -0.2) is 4.98 Å². The molecule has 0 fully saturated rings. The van der Waals surface area contributed by atoms with Crippen LogP contribution < -0.4 is 5.32 Å². The highest BCUT2D eigenvalue weighted by molar-refractivity contribution is 6.30. The molecule has 0 amide bonds. The van der Waals surface area contributed by atoms with Gasteiger partial charge < -0.3 is 10.5 Å². The summed E-state index contributed by atoms with van der Waals surface area (Å²) >= 11 is 6.36. The summed E-state index contributed by atoms with van der Waals surface area (Å²) in [5.74, 6) is 0.737. The van der Waals surface area contributed by atoms with Crippen molar-refractivity contribution >= 4 is 28.3 Å². The Morgan fingerprint density at radius 2 is 1.61 bits per heavy atom. The Morgan fingerprint density at radius 3 is 2.39 bits per heavy atom. The minimum Gasteiger partial charge on any atom is -0.428 e. The molecule has 0 spiro atoms. The number of nitrogens with one attached hydrogen (secondary N) is 1. The molecule has 4 nitrogen and oxygen atoms in total. The molecule has 5 rings (SSSR count). The van der Waals surface area contributed by atoms with Crippen molar-refractivity contribution in [2.75, 3.05) is 5.32 Å². The maximum atomic E-state index is 11.2. The zero-order valence-corrected chi connectivity index (χ0v) is 17.4. The maximum absolute atomic E-state index is 11.2. The number of fused-ring (bicyclic) bond motifs is 1. The third-order valence-electron chi connectivity index (χ3n) is 5.36. The molecular weight excluding hydrogens is 406 g/mol. The van der Waals surface area contributed by atoms with Crippen molar-refractivity contribution in [3.05, 3.63) is 119 Å². The molecule has 2 N–H and O–H groups in total. The van der Waals surface area contributed by atoms with Gasteiger partial charge >= 0.3 is 0 Å². The van der Waals surface area contributed by atoms with Gasteiger partial charge in [-0.15, -0.1) is 0 Å². The van der Waals surface area contributed by atoms with E-state index in [1.54, 1.807) is 6.20 Å². The molecule has 0 aliphatic carbocycles. The number of anilines is 1. The minimum absolute atomic E-state index is 0.290. The number of hydrogen-bond donors (Lipinski definition) is 2. The van der Waals surface area contributed by atoms with E-state index < -0.39 is 0 Å². The Labute approximate surface area is 185 Å². The molecule has 3 aromatic carbocycles. The first-order valence-corrected chi connectivity index (χ1v) is 10.4. The Bertz CT molecular complexity index is 1330. The van der Waals surface area contributed by atoms with Gasteiger partial charge in [-0.3, -0.25) is 0 Å². The van der Waals surface area contributed by atoms with Crippen molar-refractivity contribution in [1.82, 2.24) is 9.71 Å². The third-order valence-corrected chi connectivity index (χ3v) is 5.60. The predicted molar refractivity (Wildman–Crippen MR) is 126 cm³/mol. The van der Waals surface area contributed by atoms with Crippen molar-refractivity contribution in [2.24, 2.45) is 0 Å². The highest BCUT2D eigenvalue weighted by atomic mass is 35.5. The molecule has 0 aliphatic heterocycles. The van der Waals surface area contributed by atoms with Gasteiger partial charge in [0.1, 0.15) is 5.82 Å². The monoisotopic (exact) mass is 425 g/mol. The molecule has 0 radical (unpaired) electrons. The molecule has 2 heterocycles. The van der Waals surface area contributed by atoms with Crippen LogP contribution in [0.5, 0.6) is 0 Å². The van der Waals surface area contributed by atoms with E-state index in [-0.39, 0.29) is 6.04 Å². The highest BCUT2D eigenvalue weighted by Gasteiger charge is 2.27. The predicted octanol–water partition coefficient (Wildman–Crippen LogP) is 6.80. The van der Waals surface area contributed by atoms with Crippen LogP contribution in [-0.4, -0.2) is 14.9 Å². The van der Waals surface area contributed by atoms with Gasteiger partial charge in [0.25, 0.3) is 0 Å². The first-order valence-electron chi connectivity index (χ1n) is 10.0. The van der Waals surface area contributed by atoms with E-state index in [1.807, 2.05) is 97.1 Å². The lowest BCUT2D eigenvalue weighted by atomic mass is 9.93. The van der Waals surface area contributed by atoms with Crippen LogP contribution in [0.25, 0.3) is 22.2 Å². The lowest BCUT2D eigenvalue weighted by Crippen LogP contribution is -2.14. The van der Waals surface area contributed by atoms with Gasteiger partial charge in [-0.05, 0) is 35.9 Å². The summed E-state index contributed by atoms with van der Waals surface area (Å²) in [7, 11) is 0. The van der Waals surface area contributed by atoms with Crippen molar-refractivity contribution in [1.29, 1.82) is 0 Å². The summed E-state index contributed by atoms with van der Waals surface area (Å²) < 4.78 is 1.28. The zero-order chi connectivity index (χ0) is 21.2. The van der Waals surface area contributed by atoms with Gasteiger partial charge in [-0.1, -0.05) is 78.3 Å². The van der Waals surface area contributed by atoms with Gasteiger partial charge in [-0.2, -0.15) is 4.73 Å². The maximum Gasteiger partial charge on any atom is 0.126 e. The topological polar surface area (TPSA) is 50.1 Å². The van der Waals surface area contributed by atoms with Crippen molar-refractivity contribution in [3.63, 3.8) is 0 Å². The van der Waals surface area contributed by atoms with Crippen molar-refractivity contribution in [3.8, 4) is 11.3 Å². The summed E-state index contributed by atoms with van der Waals surface area (Å²) in [6.07, 6.45) is 1.75. The van der Waals surface area contributed by atoms with E-state index in [9.17, 15) is 5.21 Å². The number of rotatable bonds is 5. The first kappa shape index (κ1) is 19.2. The van der Waals surface area contributed by atoms with Crippen molar-refractivity contribution in [2.45, 2.75) is 6.04 Å². The van der Waals surface area contributed by atoms with Gasteiger partial charge in [0.2, 0.25) is 0 Å². The van der Waals surface area contributed by atoms with Crippen LogP contribution in [0.1, 0.15) is 17.2 Å². The number of para-hydroxylation sites is 1. The normalized spacial score (nSPS) is 12.0. The SMILES string of the molecule is On1c(-c2ccccc2)c([C@@H](Nc2ccccn2)c2cccc(Cl)c2)c2ccccc21. The number of halogens is 1. The fraction of sp³-hybridized carbons (Fsp3) is 0.0385. The number of nitrogens with zero attached hydrogens (tertiary/aromatic N) is 2. The van der Waals surface area contributed by atoms with Crippen LogP contribution in [0.4, 0.5) is 5.82 Å². The quantitative estimate of drug-likeness (QED) is 0.304. The first-order chi connectivity index (χ1) is 15.2. The molecule has 1 atom stereocenters. The van der Waals surface area contributed by atoms with Crippen molar-refractivity contribution < 1.29 is 5.21 Å².